The summed E-state index contributed by atoms with van der Waals surface area (Å²) in [6, 6.07) is -4.03. The fourth-order valence-electron chi connectivity index (χ4n) is 7.06. The van der Waals surface area contributed by atoms with Gasteiger partial charge < -0.3 is 26.2 Å². The zero-order valence-corrected chi connectivity index (χ0v) is 31.8. The van der Waals surface area contributed by atoms with Crippen LogP contribution in [0.15, 0.2) is 12.7 Å². The number of hydrogen-bond donors (Lipinski definition) is 4. The maximum absolute atomic E-state index is 14.4. The van der Waals surface area contributed by atoms with Crippen LogP contribution < -0.4 is 21.3 Å². The first-order valence-electron chi connectivity index (χ1n) is 17.3. The zero-order valence-electron chi connectivity index (χ0n) is 29.5. The van der Waals surface area contributed by atoms with Crippen LogP contribution in [0.1, 0.15) is 92.9 Å². The van der Waals surface area contributed by atoms with Crippen LogP contribution in [0.2, 0.25) is 0 Å². The van der Waals surface area contributed by atoms with Gasteiger partial charge in [0.1, 0.15) is 16.4 Å². The van der Waals surface area contributed by atoms with E-state index in [-0.39, 0.29) is 31.2 Å². The second-order valence-corrected chi connectivity index (χ2v) is 20.6. The Kier molecular flexibility index (Phi) is 11.5. The quantitative estimate of drug-likeness (QED) is 0.127. The summed E-state index contributed by atoms with van der Waals surface area (Å²) in [5, 5.41) is 11.0. The molecule has 276 valence electrons. The molecule has 0 radical (unpaired) electrons. The lowest BCUT2D eigenvalue weighted by atomic mass is 9.83. The number of alkyl halides is 2. The lowest BCUT2D eigenvalue weighted by molar-refractivity contribution is -0.144. The molecular formula is C34H53Cl2N5O7S. The first kappa shape index (κ1) is 39.4. The number of Topliss-reactive ketones (excluding diaryl/α,β-unsaturated/α-hetero) is 1. The SMILES string of the molecule is C=CCNC(=O)C(=O)C(CC1CC1)NC(=O)C1C2C(CN1C(=O)[C@@H](NC(=O)NC1(CS(=O)(=O)C(C)(C)C)CCCCC1)C(C)(C)C)C2(Cl)Cl. The second-order valence-electron chi connectivity index (χ2n) is 16.5. The fraction of sp³-hybridized carbons (Fsp3) is 0.794. The van der Waals surface area contributed by atoms with Crippen molar-refractivity contribution in [3.05, 3.63) is 12.7 Å². The van der Waals surface area contributed by atoms with Crippen LogP contribution in [0.4, 0.5) is 4.79 Å². The highest BCUT2D eigenvalue weighted by molar-refractivity contribution is 7.92. The Hall–Kier alpha value is -2.38. The minimum absolute atomic E-state index is 0.0548. The molecule has 0 bridgehead atoms. The van der Waals surface area contributed by atoms with Crippen LogP contribution in [0.5, 0.6) is 0 Å². The van der Waals surface area contributed by atoms with Gasteiger partial charge in [-0.1, -0.05) is 59.0 Å². The largest absolute Gasteiger partial charge is 0.346 e. The van der Waals surface area contributed by atoms with Gasteiger partial charge in [0.25, 0.3) is 5.91 Å². The van der Waals surface area contributed by atoms with E-state index in [0.717, 1.165) is 32.1 Å². The predicted octanol–water partition coefficient (Wildman–Crippen LogP) is 3.40. The third-order valence-electron chi connectivity index (χ3n) is 10.4. The summed E-state index contributed by atoms with van der Waals surface area (Å²) < 4.78 is 24.3. The highest BCUT2D eigenvalue weighted by Crippen LogP contribution is 2.65. The van der Waals surface area contributed by atoms with Gasteiger partial charge in [-0.15, -0.1) is 29.8 Å². The van der Waals surface area contributed by atoms with Gasteiger partial charge in [-0.2, -0.15) is 0 Å². The molecule has 12 nitrogen and oxygen atoms in total. The normalized spacial score (nSPS) is 25.6. The Morgan fingerprint density at radius 2 is 1.59 bits per heavy atom. The molecule has 3 saturated carbocycles. The fourth-order valence-corrected chi connectivity index (χ4v) is 9.40. The van der Waals surface area contributed by atoms with Gasteiger partial charge in [0.2, 0.25) is 17.6 Å². The molecule has 1 saturated heterocycles. The molecule has 4 aliphatic rings. The Bertz CT molecular complexity index is 1440. The van der Waals surface area contributed by atoms with Crippen molar-refractivity contribution in [1.29, 1.82) is 0 Å². The Labute approximate surface area is 300 Å². The van der Waals surface area contributed by atoms with Gasteiger partial charge in [-0.3, -0.25) is 19.2 Å². The number of carbonyl (C=O) groups excluding carboxylic acids is 5. The molecule has 1 heterocycles. The third-order valence-corrected chi connectivity index (χ3v) is 14.3. The number of ketones is 1. The van der Waals surface area contributed by atoms with E-state index in [1.54, 1.807) is 41.5 Å². The Morgan fingerprint density at radius 3 is 2.12 bits per heavy atom. The molecule has 1 aliphatic heterocycles. The van der Waals surface area contributed by atoms with Crippen molar-refractivity contribution in [2.24, 2.45) is 23.2 Å². The van der Waals surface area contributed by atoms with Crippen LogP contribution in [-0.2, 0) is 29.0 Å². The van der Waals surface area contributed by atoms with E-state index >= 15 is 0 Å². The number of amides is 5. The van der Waals surface area contributed by atoms with Crippen LogP contribution in [0, 0.1) is 23.2 Å². The van der Waals surface area contributed by atoms with Gasteiger partial charge in [0.15, 0.2) is 9.84 Å². The number of urea groups is 1. The second kappa shape index (κ2) is 14.3. The smallest absolute Gasteiger partial charge is 0.315 e. The summed E-state index contributed by atoms with van der Waals surface area (Å²) in [5.74, 6) is -3.87. The van der Waals surface area contributed by atoms with Crippen LogP contribution in [0.25, 0.3) is 0 Å². The summed E-state index contributed by atoms with van der Waals surface area (Å²) in [5.41, 5.74) is -1.82. The van der Waals surface area contributed by atoms with Gasteiger partial charge in [-0.05, 0) is 51.4 Å². The van der Waals surface area contributed by atoms with E-state index in [0.29, 0.717) is 12.8 Å². The topological polar surface area (TPSA) is 171 Å². The number of rotatable bonds is 13. The van der Waals surface area contributed by atoms with E-state index in [1.165, 1.54) is 11.0 Å². The van der Waals surface area contributed by atoms with E-state index in [9.17, 15) is 32.4 Å². The molecule has 4 unspecified atom stereocenters. The number of halogens is 2. The standard InChI is InChI=1S/C34H53Cl2N5O7S/c1-8-16-37-28(44)25(42)22(17-20-12-13-20)38-27(43)24-23-21(34(23,35)36)18-41(24)29(45)26(31(2,3)4)39-30(46)40-33(14-10-9-11-15-33)19-49(47,48)32(5,6)7/h8,20-24,26H,1,9-19H2,2-7H3,(H,37,44)(H,38,43)(H2,39,40,46)/t21?,22?,23?,24?,26-/m1/s1. The minimum Gasteiger partial charge on any atom is -0.346 e. The maximum Gasteiger partial charge on any atom is 0.315 e. The predicted molar refractivity (Wildman–Crippen MR) is 189 cm³/mol. The molecule has 15 heteroatoms. The first-order chi connectivity index (χ1) is 22.5. The van der Waals surface area contributed by atoms with Crippen molar-refractivity contribution in [1.82, 2.24) is 26.2 Å². The molecule has 4 N–H and O–H groups in total. The minimum atomic E-state index is -3.59. The first-order valence-corrected chi connectivity index (χ1v) is 19.7. The number of likely N-dealkylation sites (tertiary alicyclic amines) is 1. The van der Waals surface area contributed by atoms with Gasteiger partial charge >= 0.3 is 6.03 Å². The summed E-state index contributed by atoms with van der Waals surface area (Å²) in [6.07, 6.45) is 6.90. The summed E-state index contributed by atoms with van der Waals surface area (Å²) in [7, 11) is -3.59. The van der Waals surface area contributed by atoms with Gasteiger partial charge in [-0.25, -0.2) is 13.2 Å². The molecule has 0 aromatic carbocycles. The molecule has 0 spiro atoms. The molecule has 4 rings (SSSR count). The lowest BCUT2D eigenvalue weighted by Crippen LogP contribution is -2.64. The number of fused-ring (bicyclic) bond motifs is 1. The molecular weight excluding hydrogens is 693 g/mol. The van der Waals surface area contributed by atoms with Crippen molar-refractivity contribution in [3.8, 4) is 0 Å². The lowest BCUT2D eigenvalue weighted by Gasteiger charge is -2.41. The summed E-state index contributed by atoms with van der Waals surface area (Å²) >= 11 is 13.1. The zero-order chi connectivity index (χ0) is 36.7. The Morgan fingerprint density at radius 1 is 0.980 bits per heavy atom. The third kappa shape index (κ3) is 8.92. The number of sulfone groups is 1. The number of piperidine rings is 1. The summed E-state index contributed by atoms with van der Waals surface area (Å²) in [4.78, 5) is 69.0. The number of carbonyl (C=O) groups is 5. The number of hydrogen-bond acceptors (Lipinski definition) is 7. The molecule has 49 heavy (non-hydrogen) atoms. The highest BCUT2D eigenvalue weighted by atomic mass is 35.5. The average molecular weight is 747 g/mol. The van der Waals surface area contributed by atoms with E-state index in [2.05, 4.69) is 27.8 Å². The van der Waals surface area contributed by atoms with Gasteiger partial charge in [0, 0.05) is 24.9 Å². The maximum atomic E-state index is 14.4. The Balaban J connectivity index is 1.55. The van der Waals surface area contributed by atoms with Crippen molar-refractivity contribution >= 4 is 62.6 Å². The molecule has 3 aliphatic carbocycles. The van der Waals surface area contributed by atoms with Crippen LogP contribution in [0.3, 0.4) is 0 Å². The van der Waals surface area contributed by atoms with Crippen molar-refractivity contribution < 1.29 is 32.4 Å². The number of nitrogens with one attached hydrogen (secondary N) is 4. The van der Waals surface area contributed by atoms with Crippen molar-refractivity contribution in [2.75, 3.05) is 18.8 Å². The number of nitrogens with zero attached hydrogens (tertiary/aromatic N) is 1. The molecule has 5 amide bonds. The van der Waals surface area contributed by atoms with Crippen LogP contribution in [-0.4, -0.2) is 94.4 Å². The average Bonchev–Trinajstić information content (AvgIpc) is 3.84. The van der Waals surface area contributed by atoms with Gasteiger partial charge in [0.05, 0.1) is 22.1 Å². The van der Waals surface area contributed by atoms with E-state index in [4.69, 9.17) is 23.2 Å². The highest BCUT2D eigenvalue weighted by Gasteiger charge is 2.74. The van der Waals surface area contributed by atoms with Crippen LogP contribution >= 0.6 is 23.2 Å². The van der Waals surface area contributed by atoms with Crippen molar-refractivity contribution in [3.63, 3.8) is 0 Å². The molecule has 4 fully saturated rings. The van der Waals surface area contributed by atoms with E-state index in [1.807, 2.05) is 0 Å². The van der Waals surface area contributed by atoms with Crippen molar-refractivity contribution in [2.45, 2.75) is 126 Å². The molecule has 0 aromatic rings. The summed E-state index contributed by atoms with van der Waals surface area (Å²) in [6.45, 7) is 13.9. The molecule has 5 atom stereocenters. The van der Waals surface area contributed by atoms with E-state index < -0.39 is 89.4 Å². The monoisotopic (exact) mass is 745 g/mol. The molecule has 0 aromatic heterocycles.